The van der Waals surface area contributed by atoms with Crippen molar-refractivity contribution in [2.45, 2.75) is 0 Å². The highest BCUT2D eigenvalue weighted by molar-refractivity contribution is 6.30. The molecule has 4 aromatic carbocycles. The monoisotopic (exact) mass is 484 g/mol. The molecule has 8 heteroatoms. The van der Waals surface area contributed by atoms with Gasteiger partial charge in [0.2, 0.25) is 0 Å². The van der Waals surface area contributed by atoms with Crippen molar-refractivity contribution in [3.05, 3.63) is 113 Å². The number of aromatic amines is 1. The van der Waals surface area contributed by atoms with Gasteiger partial charge in [-0.2, -0.15) is 0 Å². The number of rotatable bonds is 5. The molecule has 5 aromatic rings. The van der Waals surface area contributed by atoms with Gasteiger partial charge < -0.3 is 15.6 Å². The van der Waals surface area contributed by atoms with Gasteiger partial charge in [-0.25, -0.2) is 9.37 Å². The lowest BCUT2D eigenvalue weighted by molar-refractivity contribution is 0.101. The molecule has 1 aromatic heterocycles. The second-order valence-electron chi connectivity index (χ2n) is 7.82. The first kappa shape index (κ1) is 22.3. The van der Waals surface area contributed by atoms with Gasteiger partial charge in [0, 0.05) is 33.1 Å². The van der Waals surface area contributed by atoms with Gasteiger partial charge in [-0.1, -0.05) is 23.7 Å². The Bertz CT molecular complexity index is 1530. The summed E-state index contributed by atoms with van der Waals surface area (Å²) in [5.41, 5.74) is 4.27. The number of amides is 2. The summed E-state index contributed by atoms with van der Waals surface area (Å²) in [5, 5.41) is 6.16. The number of aromatic nitrogens is 2. The third-order valence-corrected chi connectivity index (χ3v) is 5.62. The quantitative estimate of drug-likeness (QED) is 0.265. The number of anilines is 2. The molecule has 3 N–H and O–H groups in total. The number of hydrogen-bond donors (Lipinski definition) is 3. The Morgan fingerprint density at radius 1 is 0.743 bits per heavy atom. The van der Waals surface area contributed by atoms with E-state index in [0.717, 1.165) is 5.56 Å². The number of benzene rings is 4. The Kier molecular flexibility index (Phi) is 5.99. The van der Waals surface area contributed by atoms with Gasteiger partial charge in [-0.05, 0) is 78.9 Å². The lowest BCUT2D eigenvalue weighted by Crippen LogP contribution is -2.11. The molecule has 5 rings (SSSR count). The molecule has 0 atom stereocenters. The van der Waals surface area contributed by atoms with Crippen LogP contribution >= 0.6 is 11.6 Å². The summed E-state index contributed by atoms with van der Waals surface area (Å²) < 4.78 is 13.1. The average Bonchev–Trinajstić information content (AvgIpc) is 3.30. The van der Waals surface area contributed by atoms with Crippen molar-refractivity contribution in [2.24, 2.45) is 0 Å². The molecule has 0 aliphatic carbocycles. The molecule has 0 fully saturated rings. The van der Waals surface area contributed by atoms with E-state index < -0.39 is 0 Å². The number of halogens is 2. The third kappa shape index (κ3) is 5.05. The lowest BCUT2D eigenvalue weighted by Gasteiger charge is -2.06. The molecule has 1 heterocycles. The minimum atomic E-state index is -0.371. The van der Waals surface area contributed by atoms with Crippen LogP contribution in [-0.4, -0.2) is 21.8 Å². The van der Waals surface area contributed by atoms with E-state index in [9.17, 15) is 14.0 Å². The molecule has 2 amide bonds. The smallest absolute Gasteiger partial charge is 0.255 e. The highest BCUT2D eigenvalue weighted by Gasteiger charge is 2.12. The number of carbonyl (C=O) groups excluding carboxylic acids is 2. The van der Waals surface area contributed by atoms with Crippen LogP contribution in [0.1, 0.15) is 20.7 Å². The van der Waals surface area contributed by atoms with Gasteiger partial charge in [0.25, 0.3) is 11.8 Å². The molecular weight excluding hydrogens is 467 g/mol. The fourth-order valence-corrected chi connectivity index (χ4v) is 3.67. The van der Waals surface area contributed by atoms with Gasteiger partial charge in [-0.15, -0.1) is 0 Å². The van der Waals surface area contributed by atoms with E-state index in [-0.39, 0.29) is 17.6 Å². The minimum absolute atomic E-state index is 0.236. The van der Waals surface area contributed by atoms with Crippen LogP contribution in [0.5, 0.6) is 0 Å². The maximum Gasteiger partial charge on any atom is 0.255 e. The van der Waals surface area contributed by atoms with Crippen molar-refractivity contribution in [1.82, 2.24) is 9.97 Å². The van der Waals surface area contributed by atoms with Gasteiger partial charge in [-0.3, -0.25) is 9.59 Å². The van der Waals surface area contributed by atoms with E-state index in [1.807, 2.05) is 0 Å². The van der Waals surface area contributed by atoms with E-state index in [4.69, 9.17) is 11.6 Å². The molecule has 0 aliphatic rings. The van der Waals surface area contributed by atoms with Crippen molar-refractivity contribution in [3.8, 4) is 11.4 Å². The number of nitrogens with zero attached hydrogens (tertiary/aromatic N) is 1. The van der Waals surface area contributed by atoms with Crippen molar-refractivity contribution in [2.75, 3.05) is 10.6 Å². The first-order valence-electron chi connectivity index (χ1n) is 10.7. The largest absolute Gasteiger partial charge is 0.338 e. The molecule has 0 bridgehead atoms. The molecule has 6 nitrogen and oxygen atoms in total. The van der Waals surface area contributed by atoms with Gasteiger partial charge in [0.1, 0.15) is 11.6 Å². The molecule has 172 valence electrons. The van der Waals surface area contributed by atoms with Crippen molar-refractivity contribution < 1.29 is 14.0 Å². The van der Waals surface area contributed by atoms with Crippen molar-refractivity contribution >= 4 is 45.8 Å². The van der Waals surface area contributed by atoms with E-state index in [1.54, 1.807) is 66.7 Å². The van der Waals surface area contributed by atoms with Crippen LogP contribution in [0.4, 0.5) is 15.8 Å². The Balaban J connectivity index is 1.31. The summed E-state index contributed by atoms with van der Waals surface area (Å²) in [6.45, 7) is 0. The number of H-pyrrole nitrogens is 1. The molecule has 35 heavy (non-hydrogen) atoms. The molecule has 0 saturated carbocycles. The third-order valence-electron chi connectivity index (χ3n) is 5.37. The van der Waals surface area contributed by atoms with E-state index in [1.165, 1.54) is 24.3 Å². The minimum Gasteiger partial charge on any atom is -0.338 e. The Hall–Kier alpha value is -4.49. The highest BCUT2D eigenvalue weighted by atomic mass is 35.5. The highest BCUT2D eigenvalue weighted by Crippen LogP contribution is 2.23. The molecular formula is C27H18ClFN4O2. The predicted molar refractivity (Wildman–Crippen MR) is 135 cm³/mol. The molecule has 0 spiro atoms. The summed E-state index contributed by atoms with van der Waals surface area (Å²) >= 11 is 5.88. The van der Waals surface area contributed by atoms with Crippen LogP contribution in [0.3, 0.4) is 0 Å². The van der Waals surface area contributed by atoms with Crippen molar-refractivity contribution in [3.63, 3.8) is 0 Å². The van der Waals surface area contributed by atoms with E-state index >= 15 is 0 Å². The topological polar surface area (TPSA) is 86.9 Å². The van der Waals surface area contributed by atoms with Crippen LogP contribution in [0.25, 0.3) is 22.4 Å². The Morgan fingerprint density at radius 3 is 1.97 bits per heavy atom. The number of imidazole rings is 1. The standard InChI is InChI=1S/C27H18ClFN4O2/c28-19-6-10-21(11-7-19)30-26(34)17-3-1-16(2-4-17)25-32-23-14-5-18(15-24(23)33-25)27(35)31-22-12-8-20(29)9-13-22/h1-15H,(H,30,34)(H,31,35)(H,32,33). The number of fused-ring (bicyclic) bond motifs is 1. The first-order valence-corrected chi connectivity index (χ1v) is 11.1. The second-order valence-corrected chi connectivity index (χ2v) is 8.25. The molecule has 0 aliphatic heterocycles. The van der Waals surface area contributed by atoms with Crippen LogP contribution in [-0.2, 0) is 0 Å². The zero-order chi connectivity index (χ0) is 24.4. The van der Waals surface area contributed by atoms with E-state index in [2.05, 4.69) is 20.6 Å². The Labute approximate surface area is 204 Å². The molecule has 0 saturated heterocycles. The number of hydrogen-bond acceptors (Lipinski definition) is 3. The first-order chi connectivity index (χ1) is 16.9. The summed E-state index contributed by atoms with van der Waals surface area (Å²) in [6, 6.07) is 24.6. The van der Waals surface area contributed by atoms with Crippen LogP contribution < -0.4 is 10.6 Å². The predicted octanol–water partition coefficient (Wildman–Crippen LogP) is 6.53. The summed E-state index contributed by atoms with van der Waals surface area (Å²) in [4.78, 5) is 32.9. The number of carbonyl (C=O) groups is 2. The van der Waals surface area contributed by atoms with Gasteiger partial charge in [0.05, 0.1) is 11.0 Å². The molecule has 0 radical (unpaired) electrons. The van der Waals surface area contributed by atoms with E-state index in [0.29, 0.717) is 44.4 Å². The summed E-state index contributed by atoms with van der Waals surface area (Å²) in [7, 11) is 0. The van der Waals surface area contributed by atoms with Crippen LogP contribution in [0, 0.1) is 5.82 Å². The zero-order valence-electron chi connectivity index (χ0n) is 18.2. The lowest BCUT2D eigenvalue weighted by atomic mass is 10.1. The normalized spacial score (nSPS) is 10.8. The fraction of sp³-hybridized carbons (Fsp3) is 0. The van der Waals surface area contributed by atoms with Crippen LogP contribution in [0.15, 0.2) is 91.0 Å². The summed E-state index contributed by atoms with van der Waals surface area (Å²) in [5.74, 6) is -0.309. The maximum atomic E-state index is 13.1. The van der Waals surface area contributed by atoms with Crippen LogP contribution in [0.2, 0.25) is 5.02 Å². The van der Waals surface area contributed by atoms with Gasteiger partial charge in [0.15, 0.2) is 0 Å². The Morgan fingerprint density at radius 2 is 1.31 bits per heavy atom. The zero-order valence-corrected chi connectivity index (χ0v) is 18.9. The number of nitrogens with one attached hydrogen (secondary N) is 3. The molecule has 0 unspecified atom stereocenters. The fourth-order valence-electron chi connectivity index (χ4n) is 3.54. The second kappa shape index (κ2) is 9.40. The van der Waals surface area contributed by atoms with Gasteiger partial charge >= 0.3 is 0 Å². The van der Waals surface area contributed by atoms with Crippen molar-refractivity contribution in [1.29, 1.82) is 0 Å². The maximum absolute atomic E-state index is 13.1. The summed E-state index contributed by atoms with van der Waals surface area (Å²) in [6.07, 6.45) is 0. The SMILES string of the molecule is O=C(Nc1ccc(Cl)cc1)c1ccc(-c2nc3ccc(C(=O)Nc4ccc(F)cc4)cc3[nH]2)cc1. The average molecular weight is 485 g/mol.